The third-order valence-corrected chi connectivity index (χ3v) is 4.47. The number of aromatic nitrogens is 1. The van der Waals surface area contributed by atoms with Gasteiger partial charge in [-0.05, 0) is 36.4 Å². The first-order chi connectivity index (χ1) is 14.2. The van der Waals surface area contributed by atoms with E-state index in [1.54, 1.807) is 30.3 Å². The van der Waals surface area contributed by atoms with E-state index in [-0.39, 0.29) is 12.7 Å². The Hall–Kier alpha value is -3.94. The van der Waals surface area contributed by atoms with Gasteiger partial charge in [0.2, 0.25) is 6.79 Å². The number of nitrogens with zero attached hydrogens (tertiary/aromatic N) is 1. The minimum atomic E-state index is -0.262. The van der Waals surface area contributed by atoms with Crippen LogP contribution in [0.1, 0.15) is 10.4 Å². The molecule has 8 nitrogen and oxygen atoms in total. The summed E-state index contributed by atoms with van der Waals surface area (Å²) in [4.78, 5) is 16.8. The minimum absolute atomic E-state index is 0.189. The molecule has 146 valence electrons. The Morgan fingerprint density at radius 1 is 0.793 bits per heavy atom. The van der Waals surface area contributed by atoms with Crippen LogP contribution < -0.4 is 29.6 Å². The highest BCUT2D eigenvalue weighted by atomic mass is 16.7. The summed E-state index contributed by atoms with van der Waals surface area (Å²) in [6.07, 6.45) is 1.52. The third kappa shape index (κ3) is 3.60. The van der Waals surface area contributed by atoms with Crippen LogP contribution in [0.25, 0.3) is 0 Å². The zero-order valence-corrected chi connectivity index (χ0v) is 15.3. The molecule has 0 saturated carbocycles. The summed E-state index contributed by atoms with van der Waals surface area (Å²) in [6.45, 7) is 1.27. The van der Waals surface area contributed by atoms with Gasteiger partial charge in [-0.15, -0.1) is 0 Å². The van der Waals surface area contributed by atoms with Crippen molar-refractivity contribution >= 4 is 23.1 Å². The number of hydrogen-bond donors (Lipinski definition) is 2. The van der Waals surface area contributed by atoms with Gasteiger partial charge in [-0.1, -0.05) is 0 Å². The van der Waals surface area contributed by atoms with Crippen molar-refractivity contribution in [3.05, 3.63) is 60.3 Å². The van der Waals surface area contributed by atoms with Gasteiger partial charge in [0.1, 0.15) is 19.0 Å². The van der Waals surface area contributed by atoms with Gasteiger partial charge >= 0.3 is 0 Å². The average molecular weight is 391 g/mol. The van der Waals surface area contributed by atoms with Crippen molar-refractivity contribution in [3.8, 4) is 23.0 Å². The second kappa shape index (κ2) is 7.23. The number of nitrogens with one attached hydrogen (secondary N) is 2. The van der Waals surface area contributed by atoms with Crippen LogP contribution in [0.15, 0.2) is 54.7 Å². The SMILES string of the molecule is O=C(Nc1ccc2c(c1)OCO2)c1ccc(Nc2ccc3c(c2)OCCO3)nc1. The third-order valence-electron chi connectivity index (χ3n) is 4.47. The molecule has 0 fully saturated rings. The molecule has 2 aliphatic heterocycles. The van der Waals surface area contributed by atoms with Gasteiger partial charge in [0.25, 0.3) is 5.91 Å². The van der Waals surface area contributed by atoms with E-state index in [1.165, 1.54) is 6.20 Å². The number of carbonyl (C=O) groups is 1. The number of hydrogen-bond acceptors (Lipinski definition) is 7. The van der Waals surface area contributed by atoms with Gasteiger partial charge in [0.05, 0.1) is 5.56 Å². The predicted molar refractivity (Wildman–Crippen MR) is 105 cm³/mol. The Morgan fingerprint density at radius 3 is 2.31 bits per heavy atom. The minimum Gasteiger partial charge on any atom is -0.486 e. The Morgan fingerprint density at radius 2 is 1.48 bits per heavy atom. The predicted octanol–water partition coefficient (Wildman–Crippen LogP) is 3.58. The smallest absolute Gasteiger partial charge is 0.257 e. The van der Waals surface area contributed by atoms with Crippen molar-refractivity contribution < 1.29 is 23.7 Å². The Kier molecular flexibility index (Phi) is 4.28. The molecule has 8 heteroatoms. The van der Waals surface area contributed by atoms with E-state index in [4.69, 9.17) is 18.9 Å². The van der Waals surface area contributed by atoms with Crippen LogP contribution in [0.5, 0.6) is 23.0 Å². The highest BCUT2D eigenvalue weighted by Gasteiger charge is 2.15. The molecule has 0 unspecified atom stereocenters. The molecule has 0 bridgehead atoms. The fourth-order valence-electron chi connectivity index (χ4n) is 3.05. The molecule has 2 aliphatic rings. The summed E-state index contributed by atoms with van der Waals surface area (Å²) in [7, 11) is 0. The summed E-state index contributed by atoms with van der Waals surface area (Å²) < 4.78 is 21.7. The summed E-state index contributed by atoms with van der Waals surface area (Å²) in [5, 5.41) is 6.02. The van der Waals surface area contributed by atoms with E-state index in [9.17, 15) is 4.79 Å². The van der Waals surface area contributed by atoms with Crippen molar-refractivity contribution in [3.63, 3.8) is 0 Å². The Balaban J connectivity index is 1.25. The van der Waals surface area contributed by atoms with E-state index in [0.29, 0.717) is 47.5 Å². The van der Waals surface area contributed by atoms with Crippen LogP contribution in [0, 0.1) is 0 Å². The number of amides is 1. The number of ether oxygens (including phenoxy) is 4. The molecular formula is C21H17N3O5. The second-order valence-electron chi connectivity index (χ2n) is 6.44. The number of carbonyl (C=O) groups excluding carboxylic acids is 1. The van der Waals surface area contributed by atoms with E-state index in [1.807, 2.05) is 18.2 Å². The molecule has 3 heterocycles. The largest absolute Gasteiger partial charge is 0.486 e. The van der Waals surface area contributed by atoms with Crippen molar-refractivity contribution in [2.75, 3.05) is 30.6 Å². The number of rotatable bonds is 4. The topological polar surface area (TPSA) is 90.9 Å². The maximum atomic E-state index is 12.5. The van der Waals surface area contributed by atoms with Crippen LogP contribution in [-0.2, 0) is 0 Å². The van der Waals surface area contributed by atoms with Gasteiger partial charge < -0.3 is 29.6 Å². The molecule has 3 aromatic rings. The molecule has 5 rings (SSSR count). The fourth-order valence-corrected chi connectivity index (χ4v) is 3.05. The highest BCUT2D eigenvalue weighted by molar-refractivity contribution is 6.04. The van der Waals surface area contributed by atoms with E-state index in [2.05, 4.69) is 15.6 Å². The zero-order chi connectivity index (χ0) is 19.6. The molecule has 29 heavy (non-hydrogen) atoms. The van der Waals surface area contributed by atoms with Gasteiger partial charge in [0, 0.05) is 29.7 Å². The normalized spacial score (nSPS) is 13.7. The van der Waals surface area contributed by atoms with Crippen molar-refractivity contribution in [1.29, 1.82) is 0 Å². The zero-order valence-electron chi connectivity index (χ0n) is 15.3. The first-order valence-electron chi connectivity index (χ1n) is 9.08. The standard InChI is InChI=1S/C21H17N3O5/c25-21(24-15-3-5-17-19(10-15)29-12-28-17)13-1-6-20(22-11-13)23-14-2-4-16-18(9-14)27-8-7-26-16/h1-6,9-11H,7-8,12H2,(H,22,23)(H,24,25). The number of benzene rings is 2. The van der Waals surface area contributed by atoms with Crippen LogP contribution in [0.4, 0.5) is 17.2 Å². The average Bonchev–Trinajstić information content (AvgIpc) is 3.22. The number of anilines is 3. The van der Waals surface area contributed by atoms with Crippen molar-refractivity contribution in [2.45, 2.75) is 0 Å². The lowest BCUT2D eigenvalue weighted by Crippen LogP contribution is -2.15. The van der Waals surface area contributed by atoms with Crippen molar-refractivity contribution in [1.82, 2.24) is 4.98 Å². The van der Waals surface area contributed by atoms with Gasteiger partial charge in [-0.25, -0.2) is 4.98 Å². The van der Waals surface area contributed by atoms with E-state index in [0.717, 1.165) is 11.4 Å². The molecule has 0 saturated heterocycles. The van der Waals surface area contributed by atoms with Gasteiger partial charge in [-0.2, -0.15) is 0 Å². The summed E-state index contributed by atoms with van der Waals surface area (Å²) in [5.41, 5.74) is 1.88. The molecule has 1 aromatic heterocycles. The lowest BCUT2D eigenvalue weighted by Gasteiger charge is -2.19. The highest BCUT2D eigenvalue weighted by Crippen LogP contribution is 2.35. The molecule has 2 aromatic carbocycles. The van der Waals surface area contributed by atoms with Gasteiger partial charge in [0.15, 0.2) is 23.0 Å². The molecule has 0 aliphatic carbocycles. The fraction of sp³-hybridized carbons (Fsp3) is 0.143. The Bertz CT molecular complexity index is 1070. The van der Waals surface area contributed by atoms with Crippen LogP contribution >= 0.6 is 0 Å². The quantitative estimate of drug-likeness (QED) is 0.702. The summed E-state index contributed by atoms with van der Waals surface area (Å²) in [6, 6.07) is 14.3. The molecule has 0 atom stereocenters. The van der Waals surface area contributed by atoms with E-state index < -0.39 is 0 Å². The van der Waals surface area contributed by atoms with Gasteiger partial charge in [-0.3, -0.25) is 4.79 Å². The maximum Gasteiger partial charge on any atom is 0.257 e. The molecule has 1 amide bonds. The first-order valence-corrected chi connectivity index (χ1v) is 9.08. The van der Waals surface area contributed by atoms with Crippen LogP contribution in [0.2, 0.25) is 0 Å². The molecule has 0 spiro atoms. The number of fused-ring (bicyclic) bond motifs is 2. The van der Waals surface area contributed by atoms with Crippen LogP contribution in [0.3, 0.4) is 0 Å². The molecule has 0 radical (unpaired) electrons. The van der Waals surface area contributed by atoms with Crippen molar-refractivity contribution in [2.24, 2.45) is 0 Å². The summed E-state index contributed by atoms with van der Waals surface area (Å²) in [5.74, 6) is 3.05. The Labute approximate surface area is 166 Å². The molecule has 2 N–H and O–H groups in total. The summed E-state index contributed by atoms with van der Waals surface area (Å²) >= 11 is 0. The van der Waals surface area contributed by atoms with Crippen LogP contribution in [-0.4, -0.2) is 30.9 Å². The number of pyridine rings is 1. The second-order valence-corrected chi connectivity index (χ2v) is 6.44. The first kappa shape index (κ1) is 17.2. The monoisotopic (exact) mass is 391 g/mol. The molecular weight excluding hydrogens is 374 g/mol. The lowest BCUT2D eigenvalue weighted by molar-refractivity contribution is 0.102. The van der Waals surface area contributed by atoms with E-state index >= 15 is 0 Å². The lowest BCUT2D eigenvalue weighted by atomic mass is 10.2. The maximum absolute atomic E-state index is 12.5.